The fraction of sp³-hybridized carbons (Fsp3) is 0. The van der Waals surface area contributed by atoms with Crippen molar-refractivity contribution in [1.82, 2.24) is 15.0 Å². The van der Waals surface area contributed by atoms with E-state index in [0.29, 0.717) is 23.1 Å². The minimum atomic E-state index is -0.620. The first kappa shape index (κ1) is 16.9. The summed E-state index contributed by atoms with van der Waals surface area (Å²) in [5.74, 6) is 1.16. The number of amides is 1. The minimum Gasteiger partial charge on any atom is -0.436 e. The molecule has 0 atom stereocenters. The van der Waals surface area contributed by atoms with E-state index < -0.39 is 6.09 Å². The second-order valence-corrected chi connectivity index (χ2v) is 5.85. The van der Waals surface area contributed by atoms with Crippen molar-refractivity contribution in [3.8, 4) is 17.4 Å². The molecule has 0 aliphatic carbocycles. The third-order valence-electron chi connectivity index (χ3n) is 3.68. The van der Waals surface area contributed by atoms with Crippen molar-refractivity contribution in [2.45, 2.75) is 0 Å². The number of carbonyl (C=O) groups is 1. The van der Waals surface area contributed by atoms with Crippen LogP contribution in [0.3, 0.4) is 0 Å². The second-order valence-electron chi connectivity index (χ2n) is 5.49. The third-order valence-corrected chi connectivity index (χ3v) is 3.96. The van der Waals surface area contributed by atoms with E-state index in [4.69, 9.17) is 21.1 Å². The average molecular weight is 381 g/mol. The molecule has 0 aliphatic rings. The van der Waals surface area contributed by atoms with Gasteiger partial charge in [0.15, 0.2) is 16.7 Å². The Bertz CT molecular complexity index is 1100. The van der Waals surface area contributed by atoms with Crippen LogP contribution in [0.1, 0.15) is 0 Å². The van der Waals surface area contributed by atoms with E-state index in [9.17, 15) is 4.79 Å². The average Bonchev–Trinajstić information content (AvgIpc) is 3.08. The van der Waals surface area contributed by atoms with E-state index in [1.165, 1.54) is 6.20 Å². The fourth-order valence-electron chi connectivity index (χ4n) is 2.45. The van der Waals surface area contributed by atoms with Gasteiger partial charge in [-0.15, -0.1) is 0 Å². The van der Waals surface area contributed by atoms with Gasteiger partial charge in [-0.05, 0) is 30.3 Å². The van der Waals surface area contributed by atoms with Crippen molar-refractivity contribution >= 4 is 34.3 Å². The number of anilines is 1. The summed E-state index contributed by atoms with van der Waals surface area (Å²) in [6.45, 7) is 0. The maximum Gasteiger partial charge on any atom is 0.417 e. The summed E-state index contributed by atoms with van der Waals surface area (Å²) in [7, 11) is 0. The molecule has 2 N–H and O–H groups in total. The standard InChI is InChI=1S/C19H13ClN4O3/c20-18-15(6-3-9-21-18)26-17-8-7-12(10-23-17)24-19(25)27-16-11-22-14-5-2-1-4-13(14)16/h1-11,22H,(H,24,25). The lowest BCUT2D eigenvalue weighted by Gasteiger charge is -2.08. The maximum absolute atomic E-state index is 12.1. The monoisotopic (exact) mass is 380 g/mol. The van der Waals surface area contributed by atoms with E-state index >= 15 is 0 Å². The number of H-pyrrole nitrogens is 1. The minimum absolute atomic E-state index is 0.240. The van der Waals surface area contributed by atoms with E-state index in [0.717, 1.165) is 10.9 Å². The largest absolute Gasteiger partial charge is 0.436 e. The van der Waals surface area contributed by atoms with Crippen LogP contribution >= 0.6 is 11.6 Å². The van der Waals surface area contributed by atoms with Crippen molar-refractivity contribution in [3.63, 3.8) is 0 Å². The molecule has 1 aromatic carbocycles. The van der Waals surface area contributed by atoms with Gasteiger partial charge in [0.05, 0.1) is 11.9 Å². The lowest BCUT2D eigenvalue weighted by atomic mass is 10.2. The van der Waals surface area contributed by atoms with Crippen LogP contribution in [0, 0.1) is 0 Å². The molecule has 7 nitrogen and oxygen atoms in total. The van der Waals surface area contributed by atoms with Crippen molar-refractivity contribution < 1.29 is 14.3 Å². The number of nitrogens with zero attached hydrogens (tertiary/aromatic N) is 2. The van der Waals surface area contributed by atoms with Gasteiger partial charge in [-0.1, -0.05) is 23.7 Å². The summed E-state index contributed by atoms with van der Waals surface area (Å²) in [6.07, 6.45) is 4.03. The lowest BCUT2D eigenvalue weighted by molar-refractivity contribution is 0.215. The van der Waals surface area contributed by atoms with Crippen LogP contribution in [0.2, 0.25) is 5.15 Å². The molecule has 3 aromatic heterocycles. The smallest absolute Gasteiger partial charge is 0.417 e. The van der Waals surface area contributed by atoms with Gasteiger partial charge >= 0.3 is 6.09 Å². The molecule has 4 rings (SSSR count). The normalized spacial score (nSPS) is 10.6. The van der Waals surface area contributed by atoms with Crippen LogP contribution in [0.25, 0.3) is 10.9 Å². The van der Waals surface area contributed by atoms with E-state index in [1.54, 1.807) is 36.7 Å². The molecule has 3 heterocycles. The number of carbonyl (C=O) groups excluding carboxylic acids is 1. The Morgan fingerprint density at radius 1 is 1.04 bits per heavy atom. The quantitative estimate of drug-likeness (QED) is 0.485. The zero-order valence-electron chi connectivity index (χ0n) is 13.8. The highest BCUT2D eigenvalue weighted by Crippen LogP contribution is 2.27. The molecule has 27 heavy (non-hydrogen) atoms. The molecule has 0 aliphatic heterocycles. The number of ether oxygens (including phenoxy) is 2. The number of fused-ring (bicyclic) bond motifs is 1. The highest BCUT2D eigenvalue weighted by atomic mass is 35.5. The second kappa shape index (κ2) is 7.35. The number of hydrogen-bond acceptors (Lipinski definition) is 5. The predicted molar refractivity (Wildman–Crippen MR) is 102 cm³/mol. The molecule has 0 radical (unpaired) electrons. The van der Waals surface area contributed by atoms with Gasteiger partial charge in [0.2, 0.25) is 5.88 Å². The van der Waals surface area contributed by atoms with E-state index in [-0.39, 0.29) is 5.15 Å². The summed E-state index contributed by atoms with van der Waals surface area (Å²) in [5, 5.41) is 3.68. The molecule has 8 heteroatoms. The molecule has 0 bridgehead atoms. The number of para-hydroxylation sites is 1. The number of hydrogen-bond donors (Lipinski definition) is 2. The van der Waals surface area contributed by atoms with Crippen LogP contribution < -0.4 is 14.8 Å². The Morgan fingerprint density at radius 3 is 2.74 bits per heavy atom. The Labute approximate surface area is 158 Å². The molecule has 0 spiro atoms. The zero-order valence-corrected chi connectivity index (χ0v) is 14.6. The van der Waals surface area contributed by atoms with Crippen molar-refractivity contribution in [2.24, 2.45) is 0 Å². The molecule has 0 unspecified atom stereocenters. The first-order valence-electron chi connectivity index (χ1n) is 7.98. The van der Waals surface area contributed by atoms with Crippen LogP contribution in [-0.4, -0.2) is 21.0 Å². The van der Waals surface area contributed by atoms with Crippen molar-refractivity contribution in [3.05, 3.63) is 72.3 Å². The number of pyridine rings is 2. The number of benzene rings is 1. The molecule has 134 valence electrons. The molecule has 0 fully saturated rings. The molecular weight excluding hydrogens is 368 g/mol. The Hall–Kier alpha value is -3.58. The highest BCUT2D eigenvalue weighted by molar-refractivity contribution is 6.30. The Morgan fingerprint density at radius 2 is 1.93 bits per heavy atom. The SMILES string of the molecule is O=C(Nc1ccc(Oc2cccnc2Cl)nc1)Oc1c[nH]c2ccccc12. The van der Waals surface area contributed by atoms with Crippen LogP contribution in [0.4, 0.5) is 10.5 Å². The number of rotatable bonds is 4. The number of aromatic amines is 1. The van der Waals surface area contributed by atoms with Crippen LogP contribution in [0.15, 0.2) is 67.1 Å². The van der Waals surface area contributed by atoms with Crippen LogP contribution in [0.5, 0.6) is 17.4 Å². The van der Waals surface area contributed by atoms with Gasteiger partial charge < -0.3 is 14.5 Å². The molecule has 4 aromatic rings. The van der Waals surface area contributed by atoms with Gasteiger partial charge in [-0.2, -0.15) is 0 Å². The summed E-state index contributed by atoms with van der Waals surface area (Å²) < 4.78 is 10.9. The molecule has 0 saturated heterocycles. The van der Waals surface area contributed by atoms with Gasteiger partial charge in [0.25, 0.3) is 0 Å². The molecule has 1 amide bonds. The fourth-order valence-corrected chi connectivity index (χ4v) is 2.61. The molecular formula is C19H13ClN4O3. The van der Waals surface area contributed by atoms with Gasteiger partial charge in [0, 0.05) is 29.4 Å². The number of nitrogens with one attached hydrogen (secondary N) is 2. The summed E-state index contributed by atoms with van der Waals surface area (Å²) in [6, 6.07) is 14.2. The number of halogens is 1. The molecule has 0 saturated carbocycles. The van der Waals surface area contributed by atoms with E-state index in [2.05, 4.69) is 20.3 Å². The van der Waals surface area contributed by atoms with Gasteiger partial charge in [0.1, 0.15) is 0 Å². The number of aromatic nitrogens is 3. The summed E-state index contributed by atoms with van der Waals surface area (Å²) >= 11 is 5.94. The first-order valence-corrected chi connectivity index (χ1v) is 8.36. The Balaban J connectivity index is 1.41. The van der Waals surface area contributed by atoms with Gasteiger partial charge in [-0.3, -0.25) is 5.32 Å². The highest BCUT2D eigenvalue weighted by Gasteiger charge is 2.10. The van der Waals surface area contributed by atoms with Crippen molar-refractivity contribution in [1.29, 1.82) is 0 Å². The predicted octanol–water partition coefficient (Wildman–Crippen LogP) is 5.01. The third kappa shape index (κ3) is 3.83. The van der Waals surface area contributed by atoms with Crippen LogP contribution in [-0.2, 0) is 0 Å². The summed E-state index contributed by atoms with van der Waals surface area (Å²) in [5.41, 5.74) is 1.35. The summed E-state index contributed by atoms with van der Waals surface area (Å²) in [4.78, 5) is 23.2. The maximum atomic E-state index is 12.1. The van der Waals surface area contributed by atoms with E-state index in [1.807, 2.05) is 24.3 Å². The first-order chi connectivity index (χ1) is 13.2. The zero-order chi connectivity index (χ0) is 18.6. The van der Waals surface area contributed by atoms with Gasteiger partial charge in [-0.25, -0.2) is 14.8 Å². The lowest BCUT2D eigenvalue weighted by Crippen LogP contribution is -2.16. The van der Waals surface area contributed by atoms with Crippen molar-refractivity contribution in [2.75, 3.05) is 5.32 Å². The topological polar surface area (TPSA) is 89.1 Å². The Kier molecular flexibility index (Phi) is 4.59.